The first kappa shape index (κ1) is 19.1. The third-order valence-corrected chi connectivity index (χ3v) is 6.00. The van der Waals surface area contributed by atoms with Gasteiger partial charge in [0.25, 0.3) is 5.56 Å². The highest BCUT2D eigenvalue weighted by atomic mass is 19.1. The number of hydrogen-bond donors (Lipinski definition) is 0. The number of halogens is 1. The number of hydrogen-bond acceptors (Lipinski definition) is 4. The first-order chi connectivity index (χ1) is 13.7. The van der Waals surface area contributed by atoms with Gasteiger partial charge >= 0.3 is 0 Å². The van der Waals surface area contributed by atoms with Crippen LogP contribution in [0, 0.1) is 0 Å². The van der Waals surface area contributed by atoms with Crippen molar-refractivity contribution in [1.82, 2.24) is 14.5 Å². The van der Waals surface area contributed by atoms with Crippen LogP contribution in [0.3, 0.4) is 0 Å². The summed E-state index contributed by atoms with van der Waals surface area (Å²) in [7, 11) is 0. The molecule has 2 aromatic heterocycles. The Bertz CT molecular complexity index is 822. The normalized spacial score (nSPS) is 19.2. The number of piperidine rings is 1. The molecule has 1 saturated heterocycles. The predicted octanol–water partition coefficient (Wildman–Crippen LogP) is 3.67. The van der Waals surface area contributed by atoms with Crippen molar-refractivity contribution in [3.8, 4) is 17.0 Å². The number of aryl methyl sites for hydroxylation is 1. The first-order valence-electron chi connectivity index (χ1n) is 10.4. The Labute approximate surface area is 165 Å². The van der Waals surface area contributed by atoms with Gasteiger partial charge in [-0.05, 0) is 43.4 Å². The molecule has 0 aromatic carbocycles. The van der Waals surface area contributed by atoms with Gasteiger partial charge in [0.1, 0.15) is 12.8 Å². The number of ether oxygens (including phenoxy) is 1. The van der Waals surface area contributed by atoms with Crippen LogP contribution in [0.5, 0.6) is 5.88 Å². The second kappa shape index (κ2) is 8.86. The van der Waals surface area contributed by atoms with Crippen LogP contribution in [0.25, 0.3) is 11.1 Å². The lowest BCUT2D eigenvalue weighted by molar-refractivity contribution is 0.0741. The molecule has 150 valence electrons. The molecule has 0 amide bonds. The van der Waals surface area contributed by atoms with Gasteiger partial charge in [-0.15, -0.1) is 0 Å². The van der Waals surface area contributed by atoms with Crippen LogP contribution in [-0.2, 0) is 6.54 Å². The van der Waals surface area contributed by atoms with Crippen LogP contribution in [0.2, 0.25) is 0 Å². The zero-order chi connectivity index (χ0) is 19.3. The smallest absolute Gasteiger partial charge is 0.251 e. The largest absolute Gasteiger partial charge is 0.474 e. The number of alkyl halides is 1. The molecule has 3 heterocycles. The third kappa shape index (κ3) is 4.43. The fraction of sp³-hybridized carbons (Fsp3) is 0.545. The lowest BCUT2D eigenvalue weighted by Gasteiger charge is -2.35. The van der Waals surface area contributed by atoms with E-state index in [2.05, 4.69) is 9.88 Å². The van der Waals surface area contributed by atoms with E-state index in [1.54, 1.807) is 12.4 Å². The molecule has 0 atom stereocenters. The van der Waals surface area contributed by atoms with Crippen molar-refractivity contribution in [3.63, 3.8) is 0 Å². The second-order valence-electron chi connectivity index (χ2n) is 7.81. The molecule has 0 spiro atoms. The van der Waals surface area contributed by atoms with Gasteiger partial charge in [-0.25, -0.2) is 9.37 Å². The minimum atomic E-state index is -0.549. The molecule has 5 nitrogen and oxygen atoms in total. The van der Waals surface area contributed by atoms with E-state index in [9.17, 15) is 9.18 Å². The zero-order valence-electron chi connectivity index (χ0n) is 16.2. The molecule has 0 unspecified atom stereocenters. The Morgan fingerprint density at radius 2 is 1.86 bits per heavy atom. The van der Waals surface area contributed by atoms with E-state index in [1.807, 2.05) is 18.2 Å². The van der Waals surface area contributed by atoms with Crippen molar-refractivity contribution in [3.05, 3.63) is 47.0 Å². The van der Waals surface area contributed by atoms with Crippen LogP contribution in [0.15, 0.2) is 41.5 Å². The minimum absolute atomic E-state index is 0.0870. The Morgan fingerprint density at radius 3 is 2.50 bits per heavy atom. The summed E-state index contributed by atoms with van der Waals surface area (Å²) in [5, 5.41) is 0. The Kier molecular flexibility index (Phi) is 6.05. The summed E-state index contributed by atoms with van der Waals surface area (Å²) in [4.78, 5) is 19.1. The molecule has 0 N–H and O–H groups in total. The number of nitrogens with zero attached hydrogens (tertiary/aromatic N) is 3. The zero-order valence-corrected chi connectivity index (χ0v) is 16.2. The number of rotatable bonds is 6. The lowest BCUT2D eigenvalue weighted by atomic mass is 10.0. The van der Waals surface area contributed by atoms with Crippen molar-refractivity contribution in [2.45, 2.75) is 57.2 Å². The summed E-state index contributed by atoms with van der Waals surface area (Å²) in [6, 6.07) is 7.91. The van der Waals surface area contributed by atoms with Crippen LogP contribution in [0.1, 0.15) is 38.5 Å². The summed E-state index contributed by atoms with van der Waals surface area (Å²) in [5.74, 6) is 0.633. The maximum absolute atomic E-state index is 12.4. The molecule has 2 aromatic rings. The summed E-state index contributed by atoms with van der Waals surface area (Å²) in [5.41, 5.74) is 1.43. The molecule has 0 bridgehead atoms. The fourth-order valence-electron chi connectivity index (χ4n) is 4.38. The standard InChI is InChI=1S/C22H28FN3O2/c23-10-14-26-11-7-17(15-22(26)27)18-5-6-21(24-16-18)28-20-8-12-25(13-9-20)19-3-1-2-4-19/h5-7,11,15-16,19-20H,1-4,8-10,12-14H2. The molecule has 28 heavy (non-hydrogen) atoms. The van der Waals surface area contributed by atoms with Crippen molar-refractivity contribution in [2.24, 2.45) is 0 Å². The molecule has 1 aliphatic heterocycles. The number of aromatic nitrogens is 2. The van der Waals surface area contributed by atoms with Crippen molar-refractivity contribution >= 4 is 0 Å². The summed E-state index contributed by atoms with van der Waals surface area (Å²) in [6.45, 7) is 1.77. The maximum Gasteiger partial charge on any atom is 0.251 e. The molecule has 2 aliphatic rings. The SMILES string of the molecule is O=c1cc(-c2ccc(OC3CCN(C4CCCC4)CC3)nc2)ccn1CCF. The Balaban J connectivity index is 1.34. The lowest BCUT2D eigenvalue weighted by Crippen LogP contribution is -2.43. The highest BCUT2D eigenvalue weighted by molar-refractivity contribution is 5.61. The molecular weight excluding hydrogens is 357 g/mol. The van der Waals surface area contributed by atoms with Gasteiger partial charge in [-0.1, -0.05) is 12.8 Å². The molecular formula is C22H28FN3O2. The molecule has 6 heteroatoms. The van der Waals surface area contributed by atoms with Crippen LogP contribution < -0.4 is 10.3 Å². The average Bonchev–Trinajstić information content (AvgIpc) is 3.26. The summed E-state index contributed by atoms with van der Waals surface area (Å²) < 4.78 is 19.9. The van der Waals surface area contributed by atoms with E-state index in [1.165, 1.54) is 36.3 Å². The Hall–Kier alpha value is -2.21. The van der Waals surface area contributed by atoms with E-state index in [0.29, 0.717) is 5.88 Å². The predicted molar refractivity (Wildman–Crippen MR) is 107 cm³/mol. The van der Waals surface area contributed by atoms with Gasteiger partial charge in [-0.3, -0.25) is 4.79 Å². The van der Waals surface area contributed by atoms with Gasteiger partial charge in [0, 0.05) is 49.2 Å². The monoisotopic (exact) mass is 385 g/mol. The van der Waals surface area contributed by atoms with E-state index in [-0.39, 0.29) is 18.2 Å². The first-order valence-corrected chi connectivity index (χ1v) is 10.4. The molecule has 2 fully saturated rings. The van der Waals surface area contributed by atoms with E-state index < -0.39 is 6.67 Å². The van der Waals surface area contributed by atoms with Gasteiger partial charge in [0.05, 0.1) is 6.54 Å². The minimum Gasteiger partial charge on any atom is -0.474 e. The number of pyridine rings is 2. The van der Waals surface area contributed by atoms with Crippen molar-refractivity contribution in [1.29, 1.82) is 0 Å². The second-order valence-corrected chi connectivity index (χ2v) is 7.81. The van der Waals surface area contributed by atoms with Crippen LogP contribution in [-0.4, -0.2) is 46.4 Å². The van der Waals surface area contributed by atoms with Gasteiger partial charge in [-0.2, -0.15) is 0 Å². The van der Waals surface area contributed by atoms with Crippen LogP contribution in [0.4, 0.5) is 4.39 Å². The summed E-state index contributed by atoms with van der Waals surface area (Å²) in [6.07, 6.45) is 11.1. The summed E-state index contributed by atoms with van der Waals surface area (Å²) >= 11 is 0. The average molecular weight is 385 g/mol. The highest BCUT2D eigenvalue weighted by Gasteiger charge is 2.27. The van der Waals surface area contributed by atoms with E-state index >= 15 is 0 Å². The number of likely N-dealkylation sites (tertiary alicyclic amines) is 1. The van der Waals surface area contributed by atoms with Crippen molar-refractivity contribution < 1.29 is 9.13 Å². The maximum atomic E-state index is 12.4. The van der Waals surface area contributed by atoms with Gasteiger partial charge in [0.15, 0.2) is 0 Å². The molecule has 1 aliphatic carbocycles. The molecule has 1 saturated carbocycles. The van der Waals surface area contributed by atoms with E-state index in [4.69, 9.17) is 4.74 Å². The van der Waals surface area contributed by atoms with Crippen molar-refractivity contribution in [2.75, 3.05) is 19.8 Å². The quantitative estimate of drug-likeness (QED) is 0.761. The van der Waals surface area contributed by atoms with E-state index in [0.717, 1.165) is 43.1 Å². The van der Waals surface area contributed by atoms with Gasteiger partial charge in [0.2, 0.25) is 5.88 Å². The molecule has 4 rings (SSSR count). The van der Waals surface area contributed by atoms with Gasteiger partial charge < -0.3 is 14.2 Å². The fourth-order valence-corrected chi connectivity index (χ4v) is 4.38. The molecule has 0 radical (unpaired) electrons. The Morgan fingerprint density at radius 1 is 1.07 bits per heavy atom. The highest BCUT2D eigenvalue weighted by Crippen LogP contribution is 2.27. The third-order valence-electron chi connectivity index (χ3n) is 6.00. The topological polar surface area (TPSA) is 47.4 Å². The van der Waals surface area contributed by atoms with Crippen LogP contribution >= 0.6 is 0 Å².